The van der Waals surface area contributed by atoms with Gasteiger partial charge in [-0.25, -0.2) is 0 Å². The average Bonchev–Trinajstić information content (AvgIpc) is 2.54. The van der Waals surface area contributed by atoms with Crippen molar-refractivity contribution in [1.82, 2.24) is 10.2 Å². The topological polar surface area (TPSA) is 32.3 Å². The molecule has 2 atom stereocenters. The fourth-order valence-corrected chi connectivity index (χ4v) is 3.43. The number of halogens is 3. The highest BCUT2D eigenvalue weighted by Gasteiger charge is 2.35. The number of carbonyl (C=O) groups excluding carboxylic acids is 1. The van der Waals surface area contributed by atoms with E-state index in [1.807, 2.05) is 7.05 Å². The average molecular weight is 342 g/mol. The molecule has 6 heteroatoms. The molecule has 3 nitrogen and oxygen atoms in total. The first-order valence-electron chi connectivity index (χ1n) is 8.41. The lowest BCUT2D eigenvalue weighted by Gasteiger charge is -2.33. The van der Waals surface area contributed by atoms with Crippen LogP contribution < -0.4 is 5.32 Å². The molecule has 0 unspecified atom stereocenters. The number of benzene rings is 1. The number of likely N-dealkylation sites (tertiary alicyclic amines) is 1. The van der Waals surface area contributed by atoms with Crippen molar-refractivity contribution in [1.29, 1.82) is 0 Å². The molecule has 1 aliphatic heterocycles. The van der Waals surface area contributed by atoms with E-state index in [-0.39, 0.29) is 17.9 Å². The first-order chi connectivity index (χ1) is 11.3. The predicted molar refractivity (Wildman–Crippen MR) is 87.7 cm³/mol. The zero-order valence-corrected chi connectivity index (χ0v) is 14.2. The molecule has 2 rings (SSSR count). The first-order valence-corrected chi connectivity index (χ1v) is 8.41. The van der Waals surface area contributed by atoms with Crippen molar-refractivity contribution < 1.29 is 18.0 Å². The highest BCUT2D eigenvalue weighted by atomic mass is 19.4. The van der Waals surface area contributed by atoms with Crippen LogP contribution in [0.5, 0.6) is 0 Å². The fraction of sp³-hybridized carbons (Fsp3) is 0.611. The fourth-order valence-electron chi connectivity index (χ4n) is 3.43. The van der Waals surface area contributed by atoms with Gasteiger partial charge in [0.05, 0.1) is 5.56 Å². The summed E-state index contributed by atoms with van der Waals surface area (Å²) < 4.78 is 39.4. The molecule has 0 bridgehead atoms. The minimum absolute atomic E-state index is 0.0553. The third-order valence-electron chi connectivity index (χ3n) is 4.64. The molecular formula is C18H25F3N2O. The number of hydrogen-bond acceptors (Lipinski definition) is 2. The van der Waals surface area contributed by atoms with Gasteiger partial charge < -0.3 is 10.2 Å². The van der Waals surface area contributed by atoms with E-state index in [1.165, 1.54) is 12.1 Å². The Labute approximate surface area is 141 Å². The van der Waals surface area contributed by atoms with Gasteiger partial charge in [0, 0.05) is 19.5 Å². The number of nitrogens with one attached hydrogen (secondary N) is 1. The van der Waals surface area contributed by atoms with Crippen LogP contribution in [0.2, 0.25) is 0 Å². The van der Waals surface area contributed by atoms with E-state index < -0.39 is 17.7 Å². The van der Waals surface area contributed by atoms with Crippen LogP contribution in [0, 0.1) is 5.92 Å². The van der Waals surface area contributed by atoms with Crippen LogP contribution in [0.1, 0.15) is 43.2 Å². The minimum Gasteiger partial charge on any atom is -0.342 e. The molecule has 0 aromatic heterocycles. The molecule has 134 valence electrons. The van der Waals surface area contributed by atoms with E-state index in [2.05, 4.69) is 5.32 Å². The molecule has 1 amide bonds. The van der Waals surface area contributed by atoms with E-state index in [9.17, 15) is 18.0 Å². The van der Waals surface area contributed by atoms with E-state index >= 15 is 0 Å². The van der Waals surface area contributed by atoms with Crippen molar-refractivity contribution in [3.05, 3.63) is 35.4 Å². The number of carbonyl (C=O) groups is 1. The zero-order valence-electron chi connectivity index (χ0n) is 14.2. The summed E-state index contributed by atoms with van der Waals surface area (Å²) in [6, 6.07) is 5.53. The molecule has 1 aromatic rings. The second kappa shape index (κ2) is 8.01. The Morgan fingerprint density at radius 2 is 2.08 bits per heavy atom. The van der Waals surface area contributed by atoms with Gasteiger partial charge in [0.2, 0.25) is 5.91 Å². The summed E-state index contributed by atoms with van der Waals surface area (Å²) in [5, 5.41) is 3.12. The molecular weight excluding hydrogens is 317 g/mol. The Kier molecular flexibility index (Phi) is 6.27. The Bertz CT molecular complexity index is 557. The number of amides is 1. The van der Waals surface area contributed by atoms with Gasteiger partial charge in [-0.2, -0.15) is 13.2 Å². The van der Waals surface area contributed by atoms with Crippen LogP contribution in [-0.4, -0.2) is 37.5 Å². The van der Waals surface area contributed by atoms with Crippen LogP contribution in [-0.2, 0) is 11.0 Å². The van der Waals surface area contributed by atoms with Crippen LogP contribution >= 0.6 is 0 Å². The Hall–Kier alpha value is -1.56. The third-order valence-corrected chi connectivity index (χ3v) is 4.64. The van der Waals surface area contributed by atoms with Gasteiger partial charge in [-0.1, -0.05) is 25.1 Å². The Morgan fingerprint density at radius 1 is 1.38 bits per heavy atom. The molecule has 1 aliphatic rings. The number of piperidine rings is 1. The standard InChI is InChI=1S/C18H25F3N2O/c1-13(15-7-3-4-8-16(15)18(19,20)21)10-17(24)23-9-5-6-14(12-23)11-22-2/h3-4,7-8,13-14,22H,5-6,9-12H2,1-2H3/t13-,14+/m1/s1. The quantitative estimate of drug-likeness (QED) is 0.886. The van der Waals surface area contributed by atoms with Crippen LogP contribution in [0.15, 0.2) is 24.3 Å². The monoisotopic (exact) mass is 342 g/mol. The van der Waals surface area contributed by atoms with Crippen molar-refractivity contribution in [2.45, 2.75) is 38.3 Å². The lowest BCUT2D eigenvalue weighted by molar-refractivity contribution is -0.139. The maximum absolute atomic E-state index is 13.1. The molecule has 1 heterocycles. The van der Waals surface area contributed by atoms with E-state index in [4.69, 9.17) is 0 Å². The summed E-state index contributed by atoms with van der Waals surface area (Å²) in [7, 11) is 1.89. The Morgan fingerprint density at radius 3 is 2.75 bits per heavy atom. The molecule has 1 saturated heterocycles. The summed E-state index contributed by atoms with van der Waals surface area (Å²) in [4.78, 5) is 14.3. The van der Waals surface area contributed by atoms with Crippen molar-refractivity contribution in [3.8, 4) is 0 Å². The Balaban J connectivity index is 2.04. The molecule has 1 aromatic carbocycles. The summed E-state index contributed by atoms with van der Waals surface area (Å²) in [5.41, 5.74) is -0.445. The zero-order chi connectivity index (χ0) is 17.7. The van der Waals surface area contributed by atoms with Crippen LogP contribution in [0.3, 0.4) is 0 Å². The number of nitrogens with zero attached hydrogens (tertiary/aromatic N) is 1. The molecule has 24 heavy (non-hydrogen) atoms. The molecule has 1 N–H and O–H groups in total. The van der Waals surface area contributed by atoms with E-state index in [1.54, 1.807) is 17.9 Å². The van der Waals surface area contributed by atoms with Gasteiger partial charge >= 0.3 is 6.18 Å². The van der Waals surface area contributed by atoms with Gasteiger partial charge in [0.15, 0.2) is 0 Å². The number of rotatable bonds is 5. The van der Waals surface area contributed by atoms with E-state index in [0.717, 1.165) is 25.5 Å². The van der Waals surface area contributed by atoms with Gasteiger partial charge in [-0.15, -0.1) is 0 Å². The summed E-state index contributed by atoms with van der Waals surface area (Å²) in [6.45, 7) is 3.94. The van der Waals surface area contributed by atoms with Crippen molar-refractivity contribution in [2.75, 3.05) is 26.7 Å². The number of alkyl halides is 3. The van der Waals surface area contributed by atoms with Crippen molar-refractivity contribution >= 4 is 5.91 Å². The van der Waals surface area contributed by atoms with Crippen LogP contribution in [0.4, 0.5) is 13.2 Å². The summed E-state index contributed by atoms with van der Waals surface area (Å²) >= 11 is 0. The maximum Gasteiger partial charge on any atom is 0.416 e. The van der Waals surface area contributed by atoms with Gasteiger partial charge in [-0.3, -0.25) is 4.79 Å². The second-order valence-electron chi connectivity index (χ2n) is 6.60. The highest BCUT2D eigenvalue weighted by Crippen LogP contribution is 2.36. The largest absolute Gasteiger partial charge is 0.416 e. The molecule has 0 radical (unpaired) electrons. The van der Waals surface area contributed by atoms with E-state index in [0.29, 0.717) is 19.0 Å². The van der Waals surface area contributed by atoms with Gasteiger partial charge in [0.25, 0.3) is 0 Å². The summed E-state index contributed by atoms with van der Waals surface area (Å²) in [5.74, 6) is -0.0919. The smallest absolute Gasteiger partial charge is 0.342 e. The normalized spacial score (nSPS) is 20.0. The van der Waals surface area contributed by atoms with Gasteiger partial charge in [0.1, 0.15) is 0 Å². The number of hydrogen-bond donors (Lipinski definition) is 1. The van der Waals surface area contributed by atoms with Gasteiger partial charge in [-0.05, 0) is 49.9 Å². The molecule has 1 fully saturated rings. The second-order valence-corrected chi connectivity index (χ2v) is 6.60. The lowest BCUT2D eigenvalue weighted by Crippen LogP contribution is -2.42. The summed E-state index contributed by atoms with van der Waals surface area (Å²) in [6.07, 6.45) is -2.25. The lowest BCUT2D eigenvalue weighted by atomic mass is 9.91. The molecule has 0 spiro atoms. The highest BCUT2D eigenvalue weighted by molar-refractivity contribution is 5.77. The third kappa shape index (κ3) is 4.72. The molecule has 0 saturated carbocycles. The molecule has 0 aliphatic carbocycles. The SMILES string of the molecule is CNC[C@@H]1CCCN(C(=O)C[C@@H](C)c2ccccc2C(F)(F)F)C1. The van der Waals surface area contributed by atoms with Crippen LogP contribution in [0.25, 0.3) is 0 Å². The van der Waals surface area contributed by atoms with Crippen molar-refractivity contribution in [2.24, 2.45) is 5.92 Å². The first kappa shape index (κ1) is 18.8. The maximum atomic E-state index is 13.1. The van der Waals surface area contributed by atoms with Crippen molar-refractivity contribution in [3.63, 3.8) is 0 Å². The minimum atomic E-state index is -4.39. The predicted octanol–water partition coefficient (Wildman–Crippen LogP) is 3.66.